The van der Waals surface area contributed by atoms with Crippen LogP contribution in [0.25, 0.3) is 0 Å². The minimum atomic E-state index is -0.337. The fraction of sp³-hybridized carbons (Fsp3) is 0.619. The lowest BCUT2D eigenvalue weighted by molar-refractivity contribution is -0.140. The van der Waals surface area contributed by atoms with Crippen LogP contribution >= 0.6 is 0 Å². The fourth-order valence-corrected chi connectivity index (χ4v) is 3.83. The molecule has 29 heavy (non-hydrogen) atoms. The second-order valence-corrected chi connectivity index (χ2v) is 7.59. The molecule has 0 spiro atoms. The van der Waals surface area contributed by atoms with Crippen molar-refractivity contribution in [2.24, 2.45) is 0 Å². The summed E-state index contributed by atoms with van der Waals surface area (Å²) in [5.41, 5.74) is 0. The molecule has 1 unspecified atom stereocenters. The average Bonchev–Trinajstić information content (AvgIpc) is 2.77. The maximum atomic E-state index is 12.9. The van der Waals surface area contributed by atoms with E-state index in [4.69, 9.17) is 4.74 Å². The van der Waals surface area contributed by atoms with Gasteiger partial charge in [-0.3, -0.25) is 14.5 Å². The standard InChI is InChI=1S/C21H31FN4O3/c1-3-23-8-10-26(11-9-23)21(28)17(2)24-12-14-25(15-13-24)20(27)16-29-19-6-4-18(22)5-7-19/h4-7,17H,3,8-16H2,1-2H3. The molecule has 0 aliphatic carbocycles. The Kier molecular flexibility index (Phi) is 7.44. The minimum Gasteiger partial charge on any atom is -0.484 e. The van der Waals surface area contributed by atoms with Gasteiger partial charge in [0, 0.05) is 52.4 Å². The van der Waals surface area contributed by atoms with Crippen LogP contribution in [-0.2, 0) is 9.59 Å². The van der Waals surface area contributed by atoms with E-state index in [2.05, 4.69) is 16.7 Å². The number of rotatable bonds is 6. The molecule has 1 aromatic carbocycles. The predicted molar refractivity (Wildman–Crippen MR) is 108 cm³/mol. The molecule has 1 atom stereocenters. The van der Waals surface area contributed by atoms with Crippen molar-refractivity contribution < 1.29 is 18.7 Å². The van der Waals surface area contributed by atoms with E-state index >= 15 is 0 Å². The van der Waals surface area contributed by atoms with Crippen molar-refractivity contribution in [2.45, 2.75) is 19.9 Å². The van der Waals surface area contributed by atoms with Gasteiger partial charge in [-0.15, -0.1) is 0 Å². The van der Waals surface area contributed by atoms with E-state index in [-0.39, 0.29) is 30.3 Å². The summed E-state index contributed by atoms with van der Waals surface area (Å²) in [5, 5.41) is 0. The van der Waals surface area contributed by atoms with E-state index in [1.165, 1.54) is 24.3 Å². The van der Waals surface area contributed by atoms with Gasteiger partial charge < -0.3 is 19.4 Å². The number of amides is 2. The number of carbonyl (C=O) groups excluding carboxylic acids is 2. The maximum Gasteiger partial charge on any atom is 0.260 e. The Labute approximate surface area is 172 Å². The molecule has 1 aromatic rings. The number of hydrogen-bond acceptors (Lipinski definition) is 5. The van der Waals surface area contributed by atoms with Gasteiger partial charge >= 0.3 is 0 Å². The Morgan fingerprint density at radius 2 is 1.55 bits per heavy atom. The fourth-order valence-electron chi connectivity index (χ4n) is 3.83. The lowest BCUT2D eigenvalue weighted by Gasteiger charge is -2.40. The van der Waals surface area contributed by atoms with Gasteiger partial charge in [0.15, 0.2) is 6.61 Å². The molecule has 0 aromatic heterocycles. The van der Waals surface area contributed by atoms with Crippen molar-refractivity contribution in [2.75, 3.05) is 65.5 Å². The number of carbonyl (C=O) groups is 2. The zero-order chi connectivity index (χ0) is 20.8. The van der Waals surface area contributed by atoms with Crippen LogP contribution in [-0.4, -0.2) is 103 Å². The summed E-state index contributed by atoms with van der Waals surface area (Å²) in [6, 6.07) is 5.46. The van der Waals surface area contributed by atoms with Crippen LogP contribution in [0.3, 0.4) is 0 Å². The number of ether oxygens (including phenoxy) is 1. The van der Waals surface area contributed by atoms with Crippen LogP contribution in [0.4, 0.5) is 4.39 Å². The van der Waals surface area contributed by atoms with Gasteiger partial charge in [-0.2, -0.15) is 0 Å². The Hall–Kier alpha value is -2.19. The number of halogens is 1. The molecule has 0 bridgehead atoms. The Morgan fingerprint density at radius 3 is 2.14 bits per heavy atom. The summed E-state index contributed by atoms with van der Waals surface area (Å²) in [4.78, 5) is 33.4. The van der Waals surface area contributed by atoms with Gasteiger partial charge in [0.05, 0.1) is 6.04 Å². The molecule has 160 valence electrons. The molecule has 3 rings (SSSR count). The number of likely N-dealkylation sites (N-methyl/N-ethyl adjacent to an activating group) is 1. The van der Waals surface area contributed by atoms with Gasteiger partial charge in [0.1, 0.15) is 11.6 Å². The highest BCUT2D eigenvalue weighted by molar-refractivity contribution is 5.82. The molecular weight excluding hydrogens is 375 g/mol. The quantitative estimate of drug-likeness (QED) is 0.703. The summed E-state index contributed by atoms with van der Waals surface area (Å²) in [7, 11) is 0. The lowest BCUT2D eigenvalue weighted by atomic mass is 10.2. The molecule has 2 fully saturated rings. The first-order valence-electron chi connectivity index (χ1n) is 10.4. The third-order valence-electron chi connectivity index (χ3n) is 5.88. The van der Waals surface area contributed by atoms with E-state index < -0.39 is 0 Å². The number of piperazine rings is 2. The van der Waals surface area contributed by atoms with Crippen molar-refractivity contribution in [1.29, 1.82) is 0 Å². The normalized spacial score (nSPS) is 19.8. The smallest absolute Gasteiger partial charge is 0.260 e. The third kappa shape index (κ3) is 5.67. The highest BCUT2D eigenvalue weighted by Gasteiger charge is 2.31. The highest BCUT2D eigenvalue weighted by Crippen LogP contribution is 2.13. The van der Waals surface area contributed by atoms with Crippen LogP contribution in [0.1, 0.15) is 13.8 Å². The summed E-state index contributed by atoms with van der Waals surface area (Å²) >= 11 is 0. The molecule has 2 aliphatic rings. The first-order chi connectivity index (χ1) is 14.0. The third-order valence-corrected chi connectivity index (χ3v) is 5.88. The molecule has 2 heterocycles. The number of hydrogen-bond donors (Lipinski definition) is 0. The summed E-state index contributed by atoms with van der Waals surface area (Å²) in [5.74, 6) is 0.222. The number of benzene rings is 1. The molecule has 2 saturated heterocycles. The van der Waals surface area contributed by atoms with E-state index in [0.717, 1.165) is 32.7 Å². The van der Waals surface area contributed by atoms with Crippen molar-refractivity contribution in [3.8, 4) is 5.75 Å². The second-order valence-electron chi connectivity index (χ2n) is 7.59. The summed E-state index contributed by atoms with van der Waals surface area (Å²) in [6.45, 7) is 11.0. The molecular formula is C21H31FN4O3. The molecule has 2 amide bonds. The zero-order valence-electron chi connectivity index (χ0n) is 17.3. The van der Waals surface area contributed by atoms with Crippen molar-refractivity contribution in [1.82, 2.24) is 19.6 Å². The second kappa shape index (κ2) is 10.0. The van der Waals surface area contributed by atoms with Crippen LogP contribution in [0, 0.1) is 5.82 Å². The van der Waals surface area contributed by atoms with Crippen LogP contribution in [0.15, 0.2) is 24.3 Å². The van der Waals surface area contributed by atoms with Gasteiger partial charge in [0.25, 0.3) is 5.91 Å². The topological polar surface area (TPSA) is 56.3 Å². The van der Waals surface area contributed by atoms with Gasteiger partial charge in [-0.05, 0) is 37.7 Å². The van der Waals surface area contributed by atoms with Crippen molar-refractivity contribution in [3.63, 3.8) is 0 Å². The molecule has 0 N–H and O–H groups in total. The molecule has 7 nitrogen and oxygen atoms in total. The monoisotopic (exact) mass is 406 g/mol. The maximum absolute atomic E-state index is 12.9. The van der Waals surface area contributed by atoms with Gasteiger partial charge in [-0.25, -0.2) is 4.39 Å². The molecule has 8 heteroatoms. The van der Waals surface area contributed by atoms with Crippen molar-refractivity contribution >= 4 is 11.8 Å². The van der Waals surface area contributed by atoms with Crippen molar-refractivity contribution in [3.05, 3.63) is 30.1 Å². The summed E-state index contributed by atoms with van der Waals surface area (Å²) in [6.07, 6.45) is 0. The molecule has 2 aliphatic heterocycles. The van der Waals surface area contributed by atoms with E-state index in [9.17, 15) is 14.0 Å². The van der Waals surface area contributed by atoms with Crippen LogP contribution < -0.4 is 4.74 Å². The summed E-state index contributed by atoms with van der Waals surface area (Å²) < 4.78 is 18.4. The predicted octanol–water partition coefficient (Wildman–Crippen LogP) is 0.901. The van der Waals surface area contributed by atoms with E-state index in [0.29, 0.717) is 31.9 Å². The van der Waals surface area contributed by atoms with Gasteiger partial charge in [0.2, 0.25) is 5.91 Å². The molecule has 0 radical (unpaired) electrons. The van der Waals surface area contributed by atoms with E-state index in [1.807, 2.05) is 11.8 Å². The zero-order valence-corrected chi connectivity index (χ0v) is 17.3. The van der Waals surface area contributed by atoms with E-state index in [1.54, 1.807) is 4.90 Å². The first-order valence-corrected chi connectivity index (χ1v) is 10.4. The Bertz CT molecular complexity index is 684. The number of nitrogens with zero attached hydrogens (tertiary/aromatic N) is 4. The largest absolute Gasteiger partial charge is 0.484 e. The molecule has 0 saturated carbocycles. The minimum absolute atomic E-state index is 0.0676. The SMILES string of the molecule is CCN1CCN(C(=O)C(C)N2CCN(C(=O)COc3ccc(F)cc3)CC2)CC1. The van der Waals surface area contributed by atoms with Crippen LogP contribution in [0.2, 0.25) is 0 Å². The van der Waals surface area contributed by atoms with Crippen LogP contribution in [0.5, 0.6) is 5.75 Å². The Morgan fingerprint density at radius 1 is 0.966 bits per heavy atom. The van der Waals surface area contributed by atoms with Gasteiger partial charge in [-0.1, -0.05) is 6.92 Å². The Balaban J connectivity index is 1.41. The lowest BCUT2D eigenvalue weighted by Crippen LogP contribution is -2.58. The highest BCUT2D eigenvalue weighted by atomic mass is 19.1. The first kappa shape index (κ1) is 21.5. The average molecular weight is 407 g/mol.